The molecule has 0 saturated heterocycles. The van der Waals surface area contributed by atoms with Crippen LogP contribution in [0.4, 0.5) is 30.7 Å². The zero-order valence-corrected chi connectivity index (χ0v) is 13.8. The molecule has 148 valence electrons. The highest BCUT2D eigenvalue weighted by atomic mass is 19.4. The van der Waals surface area contributed by atoms with Crippen LogP contribution in [0.1, 0.15) is 40.0 Å². The average molecular weight is 384 g/mol. The number of alkyl halides is 7. The fourth-order valence-electron chi connectivity index (χ4n) is 1.84. The van der Waals surface area contributed by atoms with Crippen LogP contribution in [0, 0.1) is 5.41 Å². The van der Waals surface area contributed by atoms with Gasteiger partial charge < -0.3 is 9.47 Å². The van der Waals surface area contributed by atoms with Gasteiger partial charge in [0.15, 0.2) is 12.0 Å². The molecule has 0 radical (unpaired) electrons. The Labute approximate surface area is 139 Å². The van der Waals surface area contributed by atoms with Crippen molar-refractivity contribution in [2.24, 2.45) is 5.41 Å². The van der Waals surface area contributed by atoms with Crippen molar-refractivity contribution in [3.63, 3.8) is 0 Å². The van der Waals surface area contributed by atoms with Gasteiger partial charge in [0.05, 0.1) is 6.61 Å². The molecule has 0 aromatic carbocycles. The van der Waals surface area contributed by atoms with E-state index in [2.05, 4.69) is 4.74 Å². The normalized spacial score (nSPS) is 13.5. The van der Waals surface area contributed by atoms with Gasteiger partial charge in [-0.1, -0.05) is 20.8 Å². The van der Waals surface area contributed by atoms with Gasteiger partial charge in [-0.25, -0.2) is 0 Å². The van der Waals surface area contributed by atoms with Crippen LogP contribution in [0.15, 0.2) is 0 Å². The van der Waals surface area contributed by atoms with E-state index >= 15 is 0 Å². The number of carbonyl (C=O) groups is 2. The Hall–Kier alpha value is -1.55. The van der Waals surface area contributed by atoms with E-state index in [9.17, 15) is 40.3 Å². The standard InChI is InChI=1S/C14H19F7O4/c1-4-7-24-9(22)11(5-2,6-3)10(23)25-8-12(15,16)13(17,18)14(19,20)21/h4-8H2,1-3H3. The summed E-state index contributed by atoms with van der Waals surface area (Å²) in [5.41, 5.74) is -2.06. The molecular weight excluding hydrogens is 365 g/mol. The van der Waals surface area contributed by atoms with Gasteiger partial charge in [-0.05, 0) is 19.3 Å². The molecule has 0 aromatic rings. The maximum atomic E-state index is 13.2. The Morgan fingerprint density at radius 1 is 0.800 bits per heavy atom. The number of rotatable bonds is 9. The van der Waals surface area contributed by atoms with E-state index in [1.807, 2.05) is 0 Å². The molecule has 0 aliphatic carbocycles. The molecule has 0 spiro atoms. The number of hydrogen-bond acceptors (Lipinski definition) is 4. The summed E-state index contributed by atoms with van der Waals surface area (Å²) in [5.74, 6) is -14.8. The highest BCUT2D eigenvalue weighted by molar-refractivity contribution is 6.00. The molecule has 0 unspecified atom stereocenters. The summed E-state index contributed by atoms with van der Waals surface area (Å²) in [6.07, 6.45) is -6.69. The van der Waals surface area contributed by atoms with Gasteiger partial charge in [0, 0.05) is 0 Å². The topological polar surface area (TPSA) is 52.6 Å². The molecular formula is C14H19F7O4. The summed E-state index contributed by atoms with van der Waals surface area (Å²) >= 11 is 0. The Balaban J connectivity index is 5.31. The van der Waals surface area contributed by atoms with Crippen LogP contribution in [0.5, 0.6) is 0 Å². The Bertz CT molecular complexity index is 470. The first-order valence-electron chi connectivity index (χ1n) is 7.40. The molecule has 25 heavy (non-hydrogen) atoms. The zero-order chi connectivity index (χ0) is 20.1. The maximum absolute atomic E-state index is 13.2. The van der Waals surface area contributed by atoms with E-state index in [4.69, 9.17) is 4.74 Å². The second-order valence-corrected chi connectivity index (χ2v) is 5.28. The number of carbonyl (C=O) groups excluding carboxylic acids is 2. The highest BCUT2D eigenvalue weighted by Crippen LogP contribution is 2.46. The monoisotopic (exact) mass is 384 g/mol. The van der Waals surface area contributed by atoms with Crippen LogP contribution in [0.3, 0.4) is 0 Å². The van der Waals surface area contributed by atoms with Gasteiger partial charge in [0.25, 0.3) is 0 Å². The molecule has 0 aromatic heterocycles. The fraction of sp³-hybridized carbons (Fsp3) is 0.857. The fourth-order valence-corrected chi connectivity index (χ4v) is 1.84. The number of halogens is 7. The lowest BCUT2D eigenvalue weighted by atomic mass is 9.82. The van der Waals surface area contributed by atoms with E-state index in [-0.39, 0.29) is 19.4 Å². The Kier molecular flexibility index (Phi) is 7.71. The maximum Gasteiger partial charge on any atom is 0.460 e. The minimum absolute atomic E-state index is 0.0871. The van der Waals surface area contributed by atoms with Gasteiger partial charge >= 0.3 is 30.0 Å². The van der Waals surface area contributed by atoms with Crippen LogP contribution in [-0.2, 0) is 19.1 Å². The summed E-state index contributed by atoms with van der Waals surface area (Å²) in [4.78, 5) is 23.9. The first kappa shape index (κ1) is 23.4. The lowest BCUT2D eigenvalue weighted by molar-refractivity contribution is -0.360. The largest absolute Gasteiger partial charge is 0.465 e. The average Bonchev–Trinajstić information content (AvgIpc) is 2.51. The van der Waals surface area contributed by atoms with E-state index in [1.54, 1.807) is 6.92 Å². The lowest BCUT2D eigenvalue weighted by Gasteiger charge is -2.30. The first-order valence-corrected chi connectivity index (χ1v) is 7.40. The number of esters is 2. The van der Waals surface area contributed by atoms with Crippen LogP contribution >= 0.6 is 0 Å². The molecule has 0 atom stereocenters. The summed E-state index contributed by atoms with van der Waals surface area (Å²) in [6, 6.07) is 0. The minimum Gasteiger partial charge on any atom is -0.465 e. The smallest absolute Gasteiger partial charge is 0.460 e. The zero-order valence-electron chi connectivity index (χ0n) is 13.8. The van der Waals surface area contributed by atoms with Crippen molar-refractivity contribution >= 4 is 11.9 Å². The van der Waals surface area contributed by atoms with Crippen molar-refractivity contribution in [2.45, 2.75) is 58.1 Å². The highest BCUT2D eigenvalue weighted by Gasteiger charge is 2.73. The molecule has 0 heterocycles. The lowest BCUT2D eigenvalue weighted by Crippen LogP contribution is -2.55. The molecule has 0 saturated carbocycles. The quantitative estimate of drug-likeness (QED) is 0.341. The second-order valence-electron chi connectivity index (χ2n) is 5.28. The van der Waals surface area contributed by atoms with Crippen molar-refractivity contribution in [2.75, 3.05) is 13.2 Å². The number of ether oxygens (including phenoxy) is 2. The SMILES string of the molecule is CCCOC(=O)C(CC)(CC)C(=O)OCC(F)(F)C(F)(F)C(F)(F)F. The van der Waals surface area contributed by atoms with Crippen LogP contribution in [-0.4, -0.2) is 43.2 Å². The molecule has 4 nitrogen and oxygen atoms in total. The van der Waals surface area contributed by atoms with E-state index in [0.29, 0.717) is 6.42 Å². The first-order chi connectivity index (χ1) is 11.2. The molecule has 0 fully saturated rings. The van der Waals surface area contributed by atoms with Gasteiger partial charge in [0.2, 0.25) is 0 Å². The van der Waals surface area contributed by atoms with Crippen molar-refractivity contribution < 1.29 is 49.8 Å². The van der Waals surface area contributed by atoms with Gasteiger partial charge in [-0.3, -0.25) is 9.59 Å². The third-order valence-electron chi connectivity index (χ3n) is 3.63. The van der Waals surface area contributed by atoms with E-state index in [1.165, 1.54) is 13.8 Å². The second kappa shape index (κ2) is 8.22. The summed E-state index contributed by atoms with van der Waals surface area (Å²) in [7, 11) is 0. The predicted molar refractivity (Wildman–Crippen MR) is 71.2 cm³/mol. The van der Waals surface area contributed by atoms with Crippen molar-refractivity contribution in [3.05, 3.63) is 0 Å². The Morgan fingerprint density at radius 2 is 1.24 bits per heavy atom. The van der Waals surface area contributed by atoms with Crippen LogP contribution in [0.2, 0.25) is 0 Å². The van der Waals surface area contributed by atoms with Crippen LogP contribution < -0.4 is 0 Å². The third kappa shape index (κ3) is 4.75. The van der Waals surface area contributed by atoms with Crippen molar-refractivity contribution in [3.8, 4) is 0 Å². The van der Waals surface area contributed by atoms with Gasteiger partial charge in [-0.2, -0.15) is 30.7 Å². The number of hydrogen-bond donors (Lipinski definition) is 0. The van der Waals surface area contributed by atoms with E-state index in [0.717, 1.165) is 0 Å². The minimum atomic E-state index is -6.53. The van der Waals surface area contributed by atoms with Crippen molar-refractivity contribution in [1.82, 2.24) is 0 Å². The Morgan fingerprint density at radius 3 is 1.60 bits per heavy atom. The molecule has 0 amide bonds. The third-order valence-corrected chi connectivity index (χ3v) is 3.63. The summed E-state index contributed by atoms with van der Waals surface area (Å²) < 4.78 is 96.8. The molecule has 0 aliphatic rings. The molecule has 0 bridgehead atoms. The molecule has 11 heteroatoms. The molecule has 0 rings (SSSR count). The predicted octanol–water partition coefficient (Wildman–Crippen LogP) is 4.12. The summed E-state index contributed by atoms with van der Waals surface area (Å²) in [6.45, 7) is 1.67. The van der Waals surface area contributed by atoms with Crippen LogP contribution in [0.25, 0.3) is 0 Å². The molecule has 0 aliphatic heterocycles. The van der Waals surface area contributed by atoms with E-state index < -0.39 is 42.0 Å². The molecule has 0 N–H and O–H groups in total. The van der Waals surface area contributed by atoms with Crippen molar-refractivity contribution in [1.29, 1.82) is 0 Å². The van der Waals surface area contributed by atoms with Gasteiger partial charge in [-0.15, -0.1) is 0 Å². The summed E-state index contributed by atoms with van der Waals surface area (Å²) in [5, 5.41) is 0. The van der Waals surface area contributed by atoms with Gasteiger partial charge in [0.1, 0.15) is 0 Å².